The van der Waals surface area contributed by atoms with Crippen molar-refractivity contribution in [2.24, 2.45) is 11.8 Å². The number of hydrogen-bond donors (Lipinski definition) is 1. The Hall–Kier alpha value is -1.20. The summed E-state index contributed by atoms with van der Waals surface area (Å²) in [5.74, 6) is -0.324. The Balaban J connectivity index is 1.59. The van der Waals surface area contributed by atoms with Crippen molar-refractivity contribution in [3.8, 4) is 0 Å². The van der Waals surface area contributed by atoms with Crippen LogP contribution in [0.25, 0.3) is 0 Å². The molecule has 1 aromatic carbocycles. The minimum absolute atomic E-state index is 0.000157. The zero-order valence-corrected chi connectivity index (χ0v) is 40.3. The van der Waals surface area contributed by atoms with E-state index < -0.39 is 50.7 Å². The van der Waals surface area contributed by atoms with Gasteiger partial charge in [-0.15, -0.1) is 0 Å². The molecule has 1 unspecified atom stereocenters. The molecule has 3 fully saturated rings. The highest BCUT2D eigenvalue weighted by Crippen LogP contribution is 2.44. The average molecular weight is 851 g/mol. The molecule has 326 valence electrons. The zero-order valence-electron chi connectivity index (χ0n) is 37.5. The van der Waals surface area contributed by atoms with Gasteiger partial charge in [0.15, 0.2) is 26.5 Å². The van der Waals surface area contributed by atoms with Gasteiger partial charge in [0, 0.05) is 32.5 Å². The first-order valence-corrected chi connectivity index (χ1v) is 28.9. The van der Waals surface area contributed by atoms with E-state index in [9.17, 15) is 13.5 Å². The van der Waals surface area contributed by atoms with Crippen LogP contribution >= 0.6 is 0 Å². The molecule has 0 amide bonds. The van der Waals surface area contributed by atoms with E-state index in [0.29, 0.717) is 24.3 Å². The summed E-state index contributed by atoms with van der Waals surface area (Å²) in [7, 11) is -6.35. The number of aliphatic hydroxyl groups excluding tert-OH is 1. The Kier molecular flexibility index (Phi) is 16.7. The lowest BCUT2D eigenvalue weighted by Gasteiger charge is -2.42. The van der Waals surface area contributed by atoms with Crippen molar-refractivity contribution in [2.75, 3.05) is 26.1 Å². The Labute approximate surface area is 348 Å². The molecule has 0 bridgehead atoms. The number of benzene rings is 1. The standard InChI is InChI=1S/C45H78O9SSi2/c1-31-25-35(22-23-39-32(2)26-34(51-39)19-18-24-46)52-40(33(31)3)28-41-38(30-55(47,48)37-20-16-15-17-21-37)43(49-10)42(53-41)27-36(54-57(13,14)45(7,8)9)29-50-56(11,12)44(4,5)6/h15-17,20-21,31,34-36,38-43,46H,2-3,18-19,22-30H2,1,4-14H3/t31-,34+,35+,36+,38+,39?,40-,41+,42-,43-/m1/s1. The third-order valence-corrected chi connectivity index (χ3v) is 24.7. The fraction of sp³-hybridized carbons (Fsp3) is 0.778. The fourth-order valence-electron chi connectivity index (χ4n) is 8.08. The van der Waals surface area contributed by atoms with Gasteiger partial charge in [0.1, 0.15) is 0 Å². The summed E-state index contributed by atoms with van der Waals surface area (Å²) < 4.78 is 68.6. The summed E-state index contributed by atoms with van der Waals surface area (Å²) in [6, 6.07) is 8.68. The second-order valence-electron chi connectivity index (χ2n) is 20.2. The molecule has 0 aromatic heterocycles. The predicted molar refractivity (Wildman–Crippen MR) is 235 cm³/mol. The normalized spacial score (nSPS) is 29.9. The van der Waals surface area contributed by atoms with Crippen LogP contribution in [0.3, 0.4) is 0 Å². The van der Waals surface area contributed by atoms with E-state index in [-0.39, 0.29) is 58.9 Å². The van der Waals surface area contributed by atoms with Crippen LogP contribution in [0.5, 0.6) is 0 Å². The van der Waals surface area contributed by atoms with E-state index in [0.717, 1.165) is 49.7 Å². The van der Waals surface area contributed by atoms with E-state index in [1.54, 1.807) is 31.4 Å². The molecule has 10 atom stereocenters. The van der Waals surface area contributed by atoms with Gasteiger partial charge in [-0.1, -0.05) is 79.8 Å². The minimum Gasteiger partial charge on any atom is -0.414 e. The van der Waals surface area contributed by atoms with E-state index in [2.05, 4.69) is 87.8 Å². The number of sulfone groups is 1. The minimum atomic E-state index is -3.68. The third kappa shape index (κ3) is 12.7. The van der Waals surface area contributed by atoms with Gasteiger partial charge in [0.25, 0.3) is 0 Å². The molecule has 3 aliphatic rings. The van der Waals surface area contributed by atoms with Crippen molar-refractivity contribution in [2.45, 2.75) is 190 Å². The first-order chi connectivity index (χ1) is 26.4. The van der Waals surface area contributed by atoms with Gasteiger partial charge in [0.2, 0.25) is 0 Å². The topological polar surface area (TPSA) is 110 Å². The lowest BCUT2D eigenvalue weighted by Crippen LogP contribution is -2.49. The largest absolute Gasteiger partial charge is 0.414 e. The van der Waals surface area contributed by atoms with Crippen molar-refractivity contribution >= 4 is 26.5 Å². The number of aliphatic hydroxyl groups is 1. The SMILES string of the molecule is C=C1C[C@H](CCCO)OC1CC[C@H]1C[C@@H](C)C(=C)[C@@H](C[C@@H]2O[C@H](C[C@@H](CO[Si](C)(C)C(C)(C)C)O[Si](C)(C)C(C)(C)C)[C@H](OC)[C@H]2CS(=O)(=O)c2ccccc2)O1. The molecule has 12 heteroatoms. The summed E-state index contributed by atoms with van der Waals surface area (Å²) in [4.78, 5) is 0.297. The van der Waals surface area contributed by atoms with Gasteiger partial charge < -0.3 is 32.9 Å². The Morgan fingerprint density at radius 3 is 2.11 bits per heavy atom. The van der Waals surface area contributed by atoms with Crippen molar-refractivity contribution in [1.82, 2.24) is 0 Å². The van der Waals surface area contributed by atoms with Crippen LogP contribution in [0.2, 0.25) is 36.3 Å². The molecule has 9 nitrogen and oxygen atoms in total. The molecule has 0 saturated carbocycles. The van der Waals surface area contributed by atoms with Gasteiger partial charge in [-0.2, -0.15) is 0 Å². The number of methoxy groups -OCH3 is 1. The van der Waals surface area contributed by atoms with E-state index >= 15 is 0 Å². The maximum absolute atomic E-state index is 14.1. The highest BCUT2D eigenvalue weighted by Gasteiger charge is 2.50. The maximum Gasteiger partial charge on any atom is 0.192 e. The zero-order chi connectivity index (χ0) is 42.6. The van der Waals surface area contributed by atoms with Crippen molar-refractivity contribution in [3.05, 3.63) is 54.6 Å². The highest BCUT2D eigenvalue weighted by atomic mass is 32.2. The molecule has 57 heavy (non-hydrogen) atoms. The summed E-state index contributed by atoms with van der Waals surface area (Å²) >= 11 is 0. The van der Waals surface area contributed by atoms with Crippen molar-refractivity contribution in [3.63, 3.8) is 0 Å². The van der Waals surface area contributed by atoms with Gasteiger partial charge in [-0.05, 0) is 104 Å². The van der Waals surface area contributed by atoms with Crippen LogP contribution in [0.1, 0.15) is 99.8 Å². The number of ether oxygens (including phenoxy) is 4. The van der Waals surface area contributed by atoms with Gasteiger partial charge >= 0.3 is 0 Å². The third-order valence-electron chi connectivity index (χ3n) is 13.8. The van der Waals surface area contributed by atoms with E-state index in [1.165, 1.54) is 0 Å². The molecule has 1 N–H and O–H groups in total. The van der Waals surface area contributed by atoms with Crippen molar-refractivity contribution < 1.29 is 41.3 Å². The second-order valence-corrected chi connectivity index (χ2v) is 31.8. The summed E-state index contributed by atoms with van der Waals surface area (Å²) in [5.41, 5.74) is 2.14. The molecule has 4 rings (SSSR count). The van der Waals surface area contributed by atoms with Crippen LogP contribution < -0.4 is 0 Å². The molecular formula is C45H78O9SSi2. The number of rotatable bonds is 19. The quantitative estimate of drug-likeness (QED) is 0.108. The van der Waals surface area contributed by atoms with Gasteiger partial charge in [-0.3, -0.25) is 0 Å². The van der Waals surface area contributed by atoms with Crippen LogP contribution in [-0.4, -0.2) is 105 Å². The van der Waals surface area contributed by atoms with Crippen LogP contribution in [0.15, 0.2) is 59.5 Å². The lowest BCUT2D eigenvalue weighted by molar-refractivity contribution is -0.0782. The molecular weight excluding hydrogens is 773 g/mol. The van der Waals surface area contributed by atoms with Crippen LogP contribution in [0, 0.1) is 11.8 Å². The molecule has 3 saturated heterocycles. The molecule has 0 aliphatic carbocycles. The first kappa shape index (κ1) is 48.5. The smallest absolute Gasteiger partial charge is 0.192 e. The van der Waals surface area contributed by atoms with Gasteiger partial charge in [0.05, 0.1) is 66.1 Å². The van der Waals surface area contributed by atoms with E-state index in [1.807, 2.05) is 6.07 Å². The second kappa shape index (κ2) is 19.7. The van der Waals surface area contributed by atoms with Crippen LogP contribution in [0.4, 0.5) is 0 Å². The molecule has 0 spiro atoms. The lowest BCUT2D eigenvalue weighted by atomic mass is 9.83. The predicted octanol–water partition coefficient (Wildman–Crippen LogP) is 9.67. The summed E-state index contributed by atoms with van der Waals surface area (Å²) in [6.45, 7) is 34.2. The first-order valence-electron chi connectivity index (χ1n) is 21.4. The summed E-state index contributed by atoms with van der Waals surface area (Å²) in [5, 5.41) is 9.32. The highest BCUT2D eigenvalue weighted by molar-refractivity contribution is 7.91. The molecule has 3 heterocycles. The fourth-order valence-corrected chi connectivity index (χ4v) is 12.1. The average Bonchev–Trinajstić information content (AvgIpc) is 3.63. The molecule has 3 aliphatic heterocycles. The molecule has 1 aromatic rings. The number of hydrogen-bond acceptors (Lipinski definition) is 9. The maximum atomic E-state index is 14.1. The monoisotopic (exact) mass is 850 g/mol. The molecule has 0 radical (unpaired) electrons. The van der Waals surface area contributed by atoms with Gasteiger partial charge in [-0.25, -0.2) is 8.42 Å². The Morgan fingerprint density at radius 1 is 0.877 bits per heavy atom. The van der Waals surface area contributed by atoms with Crippen molar-refractivity contribution in [1.29, 1.82) is 0 Å². The summed E-state index contributed by atoms with van der Waals surface area (Å²) in [6.07, 6.45) is 4.12. The van der Waals surface area contributed by atoms with E-state index in [4.69, 9.17) is 27.8 Å². The Morgan fingerprint density at radius 2 is 1.51 bits per heavy atom. The van der Waals surface area contributed by atoms with Crippen LogP contribution in [-0.2, 0) is 37.6 Å². The Bertz CT molecular complexity index is 1570.